The van der Waals surface area contributed by atoms with Crippen LogP contribution in [0, 0.1) is 0 Å². The molecule has 2 aliphatic heterocycles. The Labute approximate surface area is 226 Å². The number of hydrogen-bond acceptors (Lipinski definition) is 14. The van der Waals surface area contributed by atoms with Crippen LogP contribution in [-0.4, -0.2) is 77.0 Å². The summed E-state index contributed by atoms with van der Waals surface area (Å²) in [4.78, 5) is 58.8. The van der Waals surface area contributed by atoms with Crippen molar-refractivity contribution in [2.45, 2.75) is 29.0 Å². The number of anilines is 1. The zero-order valence-electron chi connectivity index (χ0n) is 19.0. The first-order chi connectivity index (χ1) is 17.8. The Hall–Kier alpha value is -3.28. The van der Waals surface area contributed by atoms with E-state index in [4.69, 9.17) is 5.73 Å². The van der Waals surface area contributed by atoms with Crippen LogP contribution in [0.4, 0.5) is 5.13 Å². The van der Waals surface area contributed by atoms with Gasteiger partial charge in [-0.25, -0.2) is 14.6 Å². The van der Waals surface area contributed by atoms with Crippen LogP contribution in [-0.2, 0) is 24.0 Å². The van der Waals surface area contributed by atoms with Gasteiger partial charge in [-0.15, -0.1) is 40.0 Å². The fraction of sp³-hybridized carbons (Fsp3) is 0.300. The molecule has 1 saturated heterocycles. The quantitative estimate of drug-likeness (QED) is 0.0912. The van der Waals surface area contributed by atoms with Crippen molar-refractivity contribution in [3.05, 3.63) is 40.7 Å². The first-order valence-electron chi connectivity index (χ1n) is 10.5. The van der Waals surface area contributed by atoms with Crippen LogP contribution in [0.2, 0.25) is 0 Å². The van der Waals surface area contributed by atoms with E-state index in [0.717, 1.165) is 28.2 Å². The number of amides is 2. The van der Waals surface area contributed by atoms with E-state index < -0.39 is 35.2 Å². The summed E-state index contributed by atoms with van der Waals surface area (Å²) >= 11 is 5.29. The van der Waals surface area contributed by atoms with Crippen LogP contribution in [0.5, 0.6) is 0 Å². The summed E-state index contributed by atoms with van der Waals surface area (Å²) < 4.78 is 4.79. The zero-order valence-corrected chi connectivity index (χ0v) is 22.3. The lowest BCUT2D eigenvalue weighted by Crippen LogP contribution is -2.71. The second-order valence-corrected chi connectivity index (χ2v) is 11.6. The summed E-state index contributed by atoms with van der Waals surface area (Å²) in [5, 5.41) is 20.7. The number of oxime groups is 1. The lowest BCUT2D eigenvalue weighted by molar-refractivity contribution is -0.150. The number of nitrogen functional groups attached to an aromatic ring is 1. The van der Waals surface area contributed by atoms with Gasteiger partial charge in [-0.3, -0.25) is 14.5 Å². The molecule has 1 fully saturated rings. The molecule has 4 N–H and O–H groups in total. The third-order valence-electron chi connectivity index (χ3n) is 4.92. The summed E-state index contributed by atoms with van der Waals surface area (Å²) in [6.45, 7) is 1.11. The Kier molecular flexibility index (Phi) is 8.57. The molecule has 4 rings (SSSR count). The summed E-state index contributed by atoms with van der Waals surface area (Å²) in [6, 6.07) is -1.000. The van der Waals surface area contributed by atoms with Gasteiger partial charge in [0.05, 0.1) is 6.20 Å². The van der Waals surface area contributed by atoms with Crippen molar-refractivity contribution in [1.29, 1.82) is 0 Å². The molecule has 2 atom stereocenters. The maximum Gasteiger partial charge on any atom is 0.352 e. The van der Waals surface area contributed by atoms with Gasteiger partial charge in [-0.1, -0.05) is 21.8 Å². The van der Waals surface area contributed by atoms with Crippen molar-refractivity contribution < 1.29 is 29.1 Å². The van der Waals surface area contributed by atoms with Crippen molar-refractivity contribution in [2.24, 2.45) is 5.16 Å². The second-order valence-electron chi connectivity index (χ2n) is 7.41. The van der Waals surface area contributed by atoms with Crippen molar-refractivity contribution in [2.75, 3.05) is 17.2 Å². The standard InChI is InChI=1S/C20H19N7O6S4/c1-9(28)33-25-13(11-8-36-20(21)23-11)16(29)24-14-17(30)27-15(19(31)32)10(7-35-18(14)27)4-2-3-5-34-12-6-22-26-37-12/h2,4,6,8,14,18H,3,5,7H2,1H3,(H2,21,23)(H,24,29)(H,31,32)/b4-2-,25-13?/t14-,18-/m1/s1. The van der Waals surface area contributed by atoms with Gasteiger partial charge in [0.25, 0.3) is 11.8 Å². The minimum Gasteiger partial charge on any atom is -0.477 e. The van der Waals surface area contributed by atoms with Crippen molar-refractivity contribution in [3.63, 3.8) is 0 Å². The summed E-state index contributed by atoms with van der Waals surface area (Å²) in [7, 11) is 0. The van der Waals surface area contributed by atoms with E-state index in [2.05, 4.69) is 29.9 Å². The molecule has 4 heterocycles. The number of β-lactam (4-membered cyclic amide) rings is 1. The number of carbonyl (C=O) groups excluding carboxylic acids is 3. The highest BCUT2D eigenvalue weighted by Crippen LogP contribution is 2.40. The minimum atomic E-state index is -1.23. The topological polar surface area (TPSA) is 190 Å². The molecule has 2 amide bonds. The van der Waals surface area contributed by atoms with Crippen molar-refractivity contribution in [1.82, 2.24) is 24.8 Å². The molecular weight excluding hydrogens is 563 g/mol. The number of nitrogens with two attached hydrogens (primary N) is 1. The number of carbonyl (C=O) groups is 4. The lowest BCUT2D eigenvalue weighted by Gasteiger charge is -2.49. The number of nitrogens with one attached hydrogen (secondary N) is 1. The predicted molar refractivity (Wildman–Crippen MR) is 139 cm³/mol. The molecular formula is C20H19N7O6S4. The van der Waals surface area contributed by atoms with Gasteiger partial charge in [-0.05, 0) is 23.5 Å². The number of nitrogens with zero attached hydrogens (tertiary/aromatic N) is 5. The van der Waals surface area contributed by atoms with Crippen LogP contribution < -0.4 is 11.1 Å². The van der Waals surface area contributed by atoms with Gasteiger partial charge in [0.2, 0.25) is 0 Å². The van der Waals surface area contributed by atoms with Crippen LogP contribution in [0.15, 0.2) is 44.4 Å². The predicted octanol–water partition coefficient (Wildman–Crippen LogP) is 1.32. The molecule has 0 aromatic carbocycles. The Morgan fingerprint density at radius 3 is 2.89 bits per heavy atom. The van der Waals surface area contributed by atoms with Crippen LogP contribution in [0.3, 0.4) is 0 Å². The maximum absolute atomic E-state index is 12.9. The number of carboxylic acids is 1. The molecule has 0 aliphatic carbocycles. The molecule has 37 heavy (non-hydrogen) atoms. The molecule has 0 spiro atoms. The summed E-state index contributed by atoms with van der Waals surface area (Å²) in [5.41, 5.74) is 5.76. The minimum absolute atomic E-state index is 0.0736. The Bertz CT molecular complexity index is 1310. The molecule has 0 bridgehead atoms. The molecule has 0 unspecified atom stereocenters. The normalized spacial score (nSPS) is 19.5. The van der Waals surface area contributed by atoms with Crippen LogP contribution in [0.25, 0.3) is 0 Å². The lowest BCUT2D eigenvalue weighted by atomic mass is 10.0. The van der Waals surface area contributed by atoms with Gasteiger partial charge < -0.3 is 21.0 Å². The molecule has 13 nitrogen and oxygen atoms in total. The van der Waals surface area contributed by atoms with Gasteiger partial charge >= 0.3 is 11.9 Å². The second kappa shape index (κ2) is 11.8. The highest BCUT2D eigenvalue weighted by Gasteiger charge is 2.54. The smallest absolute Gasteiger partial charge is 0.352 e. The molecule has 0 saturated carbocycles. The van der Waals surface area contributed by atoms with E-state index in [0.29, 0.717) is 17.7 Å². The van der Waals surface area contributed by atoms with E-state index in [-0.39, 0.29) is 22.2 Å². The van der Waals surface area contributed by atoms with E-state index >= 15 is 0 Å². The largest absolute Gasteiger partial charge is 0.477 e. The average Bonchev–Trinajstić information content (AvgIpc) is 3.53. The fourth-order valence-electron chi connectivity index (χ4n) is 3.37. The first-order valence-corrected chi connectivity index (χ1v) is 14.2. The van der Waals surface area contributed by atoms with Gasteiger partial charge in [0.1, 0.15) is 27.0 Å². The number of fused-ring (bicyclic) bond motifs is 1. The third kappa shape index (κ3) is 6.17. The molecule has 194 valence electrons. The molecule has 2 aliphatic rings. The highest BCUT2D eigenvalue weighted by atomic mass is 32.2. The van der Waals surface area contributed by atoms with Gasteiger partial charge in [0.15, 0.2) is 10.8 Å². The van der Waals surface area contributed by atoms with E-state index in [1.165, 1.54) is 33.6 Å². The monoisotopic (exact) mass is 581 g/mol. The number of aliphatic carboxylic acids is 1. The van der Waals surface area contributed by atoms with E-state index in [1.807, 2.05) is 6.08 Å². The number of thioether (sulfide) groups is 2. The SMILES string of the molecule is CC(=O)ON=C(C(=O)N[C@@H]1C(=O)N2C(C(=O)O)=C(/C=C\CCSc3cnns3)CS[C@H]12)c1csc(N)n1. The molecule has 2 aromatic heterocycles. The van der Waals surface area contributed by atoms with Crippen LogP contribution in [0.1, 0.15) is 19.0 Å². The number of carboxylic acid groups (broad SMARTS) is 1. The van der Waals surface area contributed by atoms with E-state index in [9.17, 15) is 24.3 Å². The van der Waals surface area contributed by atoms with E-state index in [1.54, 1.807) is 24.0 Å². The highest BCUT2D eigenvalue weighted by molar-refractivity contribution is 8.01. The molecule has 2 aromatic rings. The van der Waals surface area contributed by atoms with Crippen molar-refractivity contribution >= 4 is 81.0 Å². The Balaban J connectivity index is 1.44. The number of aromatic nitrogens is 3. The first kappa shape index (κ1) is 26.8. The Morgan fingerprint density at radius 2 is 2.24 bits per heavy atom. The average molecular weight is 582 g/mol. The number of allylic oxidation sites excluding steroid dienone is 2. The van der Waals surface area contributed by atoms with Crippen LogP contribution >= 0.6 is 46.4 Å². The van der Waals surface area contributed by atoms with Crippen molar-refractivity contribution in [3.8, 4) is 0 Å². The third-order valence-corrected chi connectivity index (χ3v) is 8.77. The summed E-state index contributed by atoms with van der Waals surface area (Å²) in [6.07, 6.45) is 5.95. The molecule has 17 heteroatoms. The zero-order chi connectivity index (χ0) is 26.5. The molecule has 0 radical (unpaired) electrons. The Morgan fingerprint density at radius 1 is 1.43 bits per heavy atom. The maximum atomic E-state index is 12.9. The number of rotatable bonds is 10. The summed E-state index contributed by atoms with van der Waals surface area (Å²) in [5.74, 6) is -2.27. The van der Waals surface area contributed by atoms with Gasteiger partial charge in [-0.2, -0.15) is 0 Å². The fourth-order valence-corrected chi connectivity index (χ4v) is 6.64. The number of thiazole rings is 1. The van der Waals surface area contributed by atoms with Gasteiger partial charge in [0, 0.05) is 23.8 Å². The number of hydrogen-bond donors (Lipinski definition) is 3.